The first-order valence-electron chi connectivity index (χ1n) is 10.6. The van der Waals surface area contributed by atoms with Gasteiger partial charge in [0.15, 0.2) is 5.82 Å². The lowest BCUT2D eigenvalue weighted by atomic mass is 9.92. The number of thiophene rings is 1. The summed E-state index contributed by atoms with van der Waals surface area (Å²) in [6.45, 7) is 3.88. The van der Waals surface area contributed by atoms with E-state index in [0.717, 1.165) is 6.07 Å². The second-order valence-electron chi connectivity index (χ2n) is 8.53. The molecule has 0 saturated carbocycles. The van der Waals surface area contributed by atoms with E-state index in [1.165, 1.54) is 36.7 Å². The molecule has 0 spiro atoms. The summed E-state index contributed by atoms with van der Waals surface area (Å²) in [6, 6.07) is 9.72. The summed E-state index contributed by atoms with van der Waals surface area (Å²) in [5.41, 5.74) is 0.597. The zero-order valence-electron chi connectivity index (χ0n) is 19.0. The normalized spacial score (nSPS) is 11.9. The van der Waals surface area contributed by atoms with Gasteiger partial charge in [0.2, 0.25) is 0 Å². The minimum atomic E-state index is -4.96. The molecule has 0 aliphatic rings. The summed E-state index contributed by atoms with van der Waals surface area (Å²) in [4.78, 5) is 32.6. The van der Waals surface area contributed by atoms with Gasteiger partial charge in [0.05, 0.1) is 10.4 Å². The van der Waals surface area contributed by atoms with Crippen molar-refractivity contribution in [3.63, 3.8) is 0 Å². The van der Waals surface area contributed by atoms with Crippen LogP contribution in [0.1, 0.15) is 39.7 Å². The first-order chi connectivity index (χ1) is 16.9. The lowest BCUT2D eigenvalue weighted by Gasteiger charge is -2.22. The van der Waals surface area contributed by atoms with Crippen LogP contribution >= 0.6 is 11.3 Å². The highest BCUT2D eigenvalue weighted by atomic mass is 32.1. The molecule has 12 heteroatoms. The van der Waals surface area contributed by atoms with E-state index < -0.39 is 28.2 Å². The van der Waals surface area contributed by atoms with Crippen LogP contribution in [-0.4, -0.2) is 44.6 Å². The number of pyridine rings is 1. The number of nitrogens with zero attached hydrogens (tertiary/aromatic N) is 3. The van der Waals surface area contributed by atoms with Gasteiger partial charge in [0, 0.05) is 40.4 Å². The first kappa shape index (κ1) is 25.2. The highest BCUT2D eigenvalue weighted by Crippen LogP contribution is 2.32. The fraction of sp³-hybridized carbons (Fsp3) is 0.208. The van der Waals surface area contributed by atoms with E-state index in [4.69, 9.17) is 0 Å². The van der Waals surface area contributed by atoms with Crippen molar-refractivity contribution in [2.75, 3.05) is 6.54 Å². The number of amides is 1. The number of Topliss-reactive ketones (excluding diaryl/α,β-unsaturated/α-hetero) is 1. The van der Waals surface area contributed by atoms with Crippen molar-refractivity contribution >= 4 is 23.0 Å². The molecule has 0 aliphatic carbocycles. The summed E-state index contributed by atoms with van der Waals surface area (Å²) < 4.78 is 51.2. The van der Waals surface area contributed by atoms with Gasteiger partial charge in [-0.1, -0.05) is 13.8 Å². The first-order valence-corrected chi connectivity index (χ1v) is 11.4. The molecule has 7 nitrogen and oxygen atoms in total. The molecule has 0 bridgehead atoms. The molecule has 186 valence electrons. The molecule has 0 atom stereocenters. The van der Waals surface area contributed by atoms with Gasteiger partial charge < -0.3 is 5.32 Å². The number of hydrogen-bond donors (Lipinski definition) is 2. The predicted molar refractivity (Wildman–Crippen MR) is 125 cm³/mol. The summed E-state index contributed by atoms with van der Waals surface area (Å²) in [5.74, 6) is -1.84. The number of carbonyl (C=O) groups excluding carboxylic acids is 2. The van der Waals surface area contributed by atoms with Crippen LogP contribution in [0.3, 0.4) is 0 Å². The Morgan fingerprint density at radius 2 is 1.75 bits per heavy atom. The Morgan fingerprint density at radius 3 is 2.44 bits per heavy atom. The molecule has 0 saturated heterocycles. The van der Waals surface area contributed by atoms with E-state index >= 15 is 0 Å². The molecular formula is C24H19F4N5O2S. The summed E-state index contributed by atoms with van der Waals surface area (Å²) in [7, 11) is 0. The van der Waals surface area contributed by atoms with E-state index in [1.807, 2.05) is 13.8 Å². The van der Waals surface area contributed by atoms with Crippen molar-refractivity contribution in [1.29, 1.82) is 0 Å². The Bertz CT molecular complexity index is 1410. The Balaban J connectivity index is 1.44. The van der Waals surface area contributed by atoms with Gasteiger partial charge in [-0.3, -0.25) is 19.7 Å². The maximum Gasteiger partial charge on any atom is 0.455 e. The topological polar surface area (TPSA) is 101 Å². The standard InChI is InChI=1S/C24H19F4N5O2S/c1-23(2,22-31-20(32-33-22)13-3-5-16(25)6-4-13)12-30-21(35)15-9-14(10-29-11-15)17-7-8-18(36-17)19(34)24(26,27)28/h3-11H,12H2,1-2H3,(H,30,35)(H,31,32,33). The second kappa shape index (κ2) is 9.61. The Kier molecular flexibility index (Phi) is 6.72. The lowest BCUT2D eigenvalue weighted by molar-refractivity contribution is -0.0882. The number of benzene rings is 1. The van der Waals surface area contributed by atoms with Crippen LogP contribution in [0.5, 0.6) is 0 Å². The molecule has 0 radical (unpaired) electrons. The SMILES string of the molecule is CC(C)(CNC(=O)c1cncc(-c2ccc(C(=O)C(F)(F)F)s2)c1)c1nc(-c2ccc(F)cc2)n[nH]1. The number of H-pyrrole nitrogens is 1. The number of nitrogens with one attached hydrogen (secondary N) is 2. The monoisotopic (exact) mass is 517 g/mol. The van der Waals surface area contributed by atoms with Crippen molar-refractivity contribution in [1.82, 2.24) is 25.5 Å². The maximum atomic E-state index is 13.2. The van der Waals surface area contributed by atoms with Gasteiger partial charge >= 0.3 is 6.18 Å². The van der Waals surface area contributed by atoms with Crippen molar-refractivity contribution in [3.05, 3.63) is 76.9 Å². The van der Waals surface area contributed by atoms with Gasteiger partial charge in [-0.15, -0.1) is 11.3 Å². The van der Waals surface area contributed by atoms with Gasteiger partial charge in [0.1, 0.15) is 11.6 Å². The zero-order chi connectivity index (χ0) is 26.1. The number of hydrogen-bond acceptors (Lipinski definition) is 6. The fourth-order valence-electron chi connectivity index (χ4n) is 3.23. The number of ketones is 1. The average molecular weight is 518 g/mol. The highest BCUT2D eigenvalue weighted by molar-refractivity contribution is 7.17. The van der Waals surface area contributed by atoms with Crippen LogP contribution in [0.2, 0.25) is 0 Å². The van der Waals surface area contributed by atoms with E-state index in [1.54, 1.807) is 12.1 Å². The highest BCUT2D eigenvalue weighted by Gasteiger charge is 2.40. The minimum absolute atomic E-state index is 0.178. The summed E-state index contributed by atoms with van der Waals surface area (Å²) in [6.07, 6.45) is -2.22. The fourth-order valence-corrected chi connectivity index (χ4v) is 4.18. The summed E-state index contributed by atoms with van der Waals surface area (Å²) in [5, 5.41) is 9.82. The molecule has 0 fully saturated rings. The van der Waals surface area contributed by atoms with Crippen LogP contribution in [0.15, 0.2) is 54.9 Å². The molecule has 1 aromatic carbocycles. The van der Waals surface area contributed by atoms with Crippen LogP contribution < -0.4 is 5.32 Å². The Labute approximate surface area is 206 Å². The Morgan fingerprint density at radius 1 is 1.03 bits per heavy atom. The van der Waals surface area contributed by atoms with E-state index in [2.05, 4.69) is 25.5 Å². The third-order valence-corrected chi connectivity index (χ3v) is 6.43. The van der Waals surface area contributed by atoms with Gasteiger partial charge in [0.25, 0.3) is 11.7 Å². The number of carbonyl (C=O) groups is 2. The molecule has 1 amide bonds. The zero-order valence-corrected chi connectivity index (χ0v) is 19.8. The van der Waals surface area contributed by atoms with Crippen molar-refractivity contribution in [2.24, 2.45) is 0 Å². The second-order valence-corrected chi connectivity index (χ2v) is 9.62. The molecule has 2 N–H and O–H groups in total. The average Bonchev–Trinajstić information content (AvgIpc) is 3.53. The van der Waals surface area contributed by atoms with E-state index in [-0.39, 0.29) is 17.9 Å². The predicted octanol–water partition coefficient (Wildman–Crippen LogP) is 5.19. The third kappa shape index (κ3) is 5.48. The van der Waals surface area contributed by atoms with Crippen LogP contribution in [0.25, 0.3) is 21.8 Å². The Hall–Kier alpha value is -3.93. The molecule has 36 heavy (non-hydrogen) atoms. The largest absolute Gasteiger partial charge is 0.455 e. The number of halogens is 4. The number of aromatic amines is 1. The third-order valence-electron chi connectivity index (χ3n) is 5.29. The molecule has 4 rings (SSSR count). The van der Waals surface area contributed by atoms with Crippen LogP contribution in [0, 0.1) is 5.82 Å². The van der Waals surface area contributed by atoms with Crippen molar-refractivity contribution in [3.8, 4) is 21.8 Å². The maximum absolute atomic E-state index is 13.2. The van der Waals surface area contributed by atoms with Gasteiger partial charge in [-0.05, 0) is 42.5 Å². The van der Waals surface area contributed by atoms with E-state index in [0.29, 0.717) is 39.0 Å². The van der Waals surface area contributed by atoms with Crippen molar-refractivity contribution in [2.45, 2.75) is 25.4 Å². The lowest BCUT2D eigenvalue weighted by Crippen LogP contribution is -2.37. The molecular weight excluding hydrogens is 498 g/mol. The number of alkyl halides is 3. The molecule has 3 heterocycles. The number of rotatable bonds is 7. The van der Waals surface area contributed by atoms with Crippen molar-refractivity contribution < 1.29 is 27.2 Å². The molecule has 4 aromatic rings. The van der Waals surface area contributed by atoms with E-state index in [9.17, 15) is 27.2 Å². The molecule has 0 unspecified atom stereocenters. The van der Waals surface area contributed by atoms with Gasteiger partial charge in [-0.2, -0.15) is 18.3 Å². The minimum Gasteiger partial charge on any atom is -0.351 e. The summed E-state index contributed by atoms with van der Waals surface area (Å²) >= 11 is 0.676. The quantitative estimate of drug-likeness (QED) is 0.260. The smallest absolute Gasteiger partial charge is 0.351 e. The van der Waals surface area contributed by atoms with Crippen LogP contribution in [0.4, 0.5) is 17.6 Å². The van der Waals surface area contributed by atoms with Crippen LogP contribution in [-0.2, 0) is 5.41 Å². The number of aromatic nitrogens is 4. The molecule has 3 aromatic heterocycles. The molecule has 0 aliphatic heterocycles. The van der Waals surface area contributed by atoms with Gasteiger partial charge in [-0.25, -0.2) is 9.37 Å².